The highest BCUT2D eigenvalue weighted by molar-refractivity contribution is 14.1. The van der Waals surface area contributed by atoms with Crippen molar-refractivity contribution in [3.63, 3.8) is 0 Å². The van der Waals surface area contributed by atoms with Crippen LogP contribution in [0, 0.1) is 6.92 Å². The molecule has 0 aromatic carbocycles. The summed E-state index contributed by atoms with van der Waals surface area (Å²) >= 11 is 2.02. The van der Waals surface area contributed by atoms with E-state index in [1.807, 2.05) is 22.9 Å². The minimum absolute atomic E-state index is 0.608. The Bertz CT molecular complexity index is 188. The maximum Gasteiger partial charge on any atom is 0.231 e. The molecular weight excluding hydrogens is 233 g/mol. The summed E-state index contributed by atoms with van der Waals surface area (Å²) in [7, 11) is 0. The molecule has 1 rings (SSSR count). The molecule has 1 aromatic rings. The number of nitrogens with zero attached hydrogens (tertiary/aromatic N) is 2. The number of halogens is 1. The van der Waals surface area contributed by atoms with E-state index in [2.05, 4.69) is 13.7 Å². The molecule has 0 spiro atoms. The van der Waals surface area contributed by atoms with Crippen LogP contribution in [0.1, 0.15) is 11.8 Å². The Morgan fingerprint density at radius 2 is 2.44 bits per heavy atom. The lowest BCUT2D eigenvalue weighted by atomic mass is 10.7. The molecule has 5 heteroatoms. The first-order valence-corrected chi connectivity index (χ1v) is 3.53. The first-order chi connectivity index (χ1) is 4.33. The number of hydrogen-bond donors (Lipinski definition) is 1. The largest absolute Gasteiger partial charge is 0.424 e. The van der Waals surface area contributed by atoms with Crippen molar-refractivity contribution in [2.75, 3.05) is 0 Å². The lowest BCUT2D eigenvalue weighted by Gasteiger charge is -1.85. The van der Waals surface area contributed by atoms with Crippen LogP contribution < -0.4 is 3.53 Å². The number of rotatable bonds is 2. The van der Waals surface area contributed by atoms with E-state index in [4.69, 9.17) is 4.42 Å². The van der Waals surface area contributed by atoms with Gasteiger partial charge in [-0.05, 0) is 0 Å². The molecule has 0 bridgehead atoms. The molecule has 0 fully saturated rings. The van der Waals surface area contributed by atoms with Crippen molar-refractivity contribution in [2.24, 2.45) is 0 Å². The third kappa shape index (κ3) is 1.90. The Kier molecular flexibility index (Phi) is 2.40. The van der Waals surface area contributed by atoms with Crippen molar-refractivity contribution in [1.29, 1.82) is 0 Å². The van der Waals surface area contributed by atoms with Crippen molar-refractivity contribution >= 4 is 22.9 Å². The van der Waals surface area contributed by atoms with Crippen molar-refractivity contribution in [2.45, 2.75) is 13.5 Å². The van der Waals surface area contributed by atoms with E-state index in [0.717, 1.165) is 0 Å². The van der Waals surface area contributed by atoms with E-state index < -0.39 is 0 Å². The summed E-state index contributed by atoms with van der Waals surface area (Å²) in [4.78, 5) is 0. The van der Waals surface area contributed by atoms with Crippen molar-refractivity contribution in [1.82, 2.24) is 13.7 Å². The second kappa shape index (κ2) is 3.11. The summed E-state index contributed by atoms with van der Waals surface area (Å²) in [5.74, 6) is 1.23. The highest BCUT2D eigenvalue weighted by Gasteiger charge is 1.97. The molecule has 0 aliphatic carbocycles. The maximum atomic E-state index is 5.03. The summed E-state index contributed by atoms with van der Waals surface area (Å²) in [5.41, 5.74) is 0. The van der Waals surface area contributed by atoms with E-state index in [9.17, 15) is 0 Å². The van der Waals surface area contributed by atoms with Gasteiger partial charge in [-0.25, -0.2) is 0 Å². The van der Waals surface area contributed by atoms with Crippen LogP contribution in [0.3, 0.4) is 0 Å². The zero-order valence-corrected chi connectivity index (χ0v) is 7.05. The molecule has 0 unspecified atom stereocenters. The average Bonchev–Trinajstić information content (AvgIpc) is 2.17. The molecule has 0 atom stereocenters. The van der Waals surface area contributed by atoms with Crippen molar-refractivity contribution < 1.29 is 4.42 Å². The van der Waals surface area contributed by atoms with Crippen molar-refractivity contribution in [3.8, 4) is 0 Å². The first kappa shape index (κ1) is 6.94. The van der Waals surface area contributed by atoms with Gasteiger partial charge >= 0.3 is 0 Å². The summed E-state index contributed by atoms with van der Waals surface area (Å²) in [6, 6.07) is 0. The number of aromatic nitrogens is 2. The summed E-state index contributed by atoms with van der Waals surface area (Å²) in [6.45, 7) is 2.39. The summed E-state index contributed by atoms with van der Waals surface area (Å²) in [6.07, 6.45) is 0. The van der Waals surface area contributed by atoms with Crippen LogP contribution in [0.15, 0.2) is 4.42 Å². The number of aryl methyl sites for hydroxylation is 1. The molecule has 0 aliphatic rings. The standard InChI is InChI=1S/C4H6IN3O/c1-3-7-8-4(9-3)2-6-5/h6H,2H2,1H3. The van der Waals surface area contributed by atoms with Gasteiger partial charge in [0.15, 0.2) is 0 Å². The molecule has 1 N–H and O–H groups in total. The quantitative estimate of drug-likeness (QED) is 0.613. The molecular formula is C4H6IN3O. The van der Waals surface area contributed by atoms with Gasteiger partial charge in [0.05, 0.1) is 6.54 Å². The molecule has 9 heavy (non-hydrogen) atoms. The Morgan fingerprint density at radius 1 is 1.67 bits per heavy atom. The Hall–Kier alpha value is -0.170. The van der Waals surface area contributed by atoms with E-state index >= 15 is 0 Å². The zero-order chi connectivity index (χ0) is 6.69. The van der Waals surface area contributed by atoms with Crippen LogP contribution in [-0.2, 0) is 6.54 Å². The molecule has 0 saturated carbocycles. The summed E-state index contributed by atoms with van der Waals surface area (Å²) < 4.78 is 7.91. The molecule has 4 nitrogen and oxygen atoms in total. The highest BCUT2D eigenvalue weighted by atomic mass is 127. The van der Waals surface area contributed by atoms with Crippen LogP contribution in [0.2, 0.25) is 0 Å². The second-order valence-corrected chi connectivity index (χ2v) is 2.29. The molecule has 0 amide bonds. The molecule has 0 saturated heterocycles. The fourth-order valence-electron chi connectivity index (χ4n) is 0.466. The molecule has 1 aromatic heterocycles. The van der Waals surface area contributed by atoms with E-state index in [1.165, 1.54) is 0 Å². The van der Waals surface area contributed by atoms with Gasteiger partial charge in [0, 0.05) is 29.8 Å². The first-order valence-electron chi connectivity index (χ1n) is 2.45. The molecule has 1 heterocycles. The third-order valence-corrected chi connectivity index (χ3v) is 1.17. The predicted molar refractivity (Wildman–Crippen MR) is 39.9 cm³/mol. The minimum atomic E-state index is 0.608. The fourth-order valence-corrected chi connectivity index (χ4v) is 0.792. The van der Waals surface area contributed by atoms with E-state index in [-0.39, 0.29) is 0 Å². The lowest BCUT2D eigenvalue weighted by molar-refractivity contribution is 0.467. The number of nitrogens with one attached hydrogen (secondary N) is 1. The molecule has 0 radical (unpaired) electrons. The zero-order valence-electron chi connectivity index (χ0n) is 4.89. The van der Waals surface area contributed by atoms with Crippen LogP contribution >= 0.6 is 22.9 Å². The monoisotopic (exact) mass is 239 g/mol. The van der Waals surface area contributed by atoms with Crippen LogP contribution in [0.5, 0.6) is 0 Å². The summed E-state index contributed by atoms with van der Waals surface area (Å²) in [5, 5.41) is 7.40. The lowest BCUT2D eigenvalue weighted by Crippen LogP contribution is -1.96. The van der Waals surface area contributed by atoms with Crippen LogP contribution in [0.4, 0.5) is 0 Å². The Balaban J connectivity index is 2.61. The minimum Gasteiger partial charge on any atom is -0.424 e. The molecule has 50 valence electrons. The Morgan fingerprint density at radius 3 is 2.89 bits per heavy atom. The van der Waals surface area contributed by atoms with Gasteiger partial charge < -0.3 is 4.42 Å². The van der Waals surface area contributed by atoms with Crippen molar-refractivity contribution in [3.05, 3.63) is 11.8 Å². The highest BCUT2D eigenvalue weighted by Crippen LogP contribution is 1.96. The third-order valence-electron chi connectivity index (χ3n) is 0.786. The van der Waals surface area contributed by atoms with Gasteiger partial charge in [-0.1, -0.05) is 0 Å². The Labute approximate surface area is 66.5 Å². The van der Waals surface area contributed by atoms with Gasteiger partial charge in [0.1, 0.15) is 0 Å². The predicted octanol–water partition coefficient (Wildman–Crippen LogP) is 0.818. The SMILES string of the molecule is Cc1nnc(CNI)o1. The van der Waals surface area contributed by atoms with Gasteiger partial charge in [-0.3, -0.25) is 3.53 Å². The fraction of sp³-hybridized carbons (Fsp3) is 0.500. The van der Waals surface area contributed by atoms with Gasteiger partial charge in [0.25, 0.3) is 0 Å². The van der Waals surface area contributed by atoms with Gasteiger partial charge in [-0.2, -0.15) is 0 Å². The van der Waals surface area contributed by atoms with Gasteiger partial charge in [0.2, 0.25) is 11.8 Å². The van der Waals surface area contributed by atoms with Gasteiger partial charge in [-0.15, -0.1) is 10.2 Å². The average molecular weight is 239 g/mol. The van der Waals surface area contributed by atoms with Crippen LogP contribution in [0.25, 0.3) is 0 Å². The maximum absolute atomic E-state index is 5.03. The molecule has 0 aliphatic heterocycles. The second-order valence-electron chi connectivity index (χ2n) is 1.53. The number of hydrogen-bond acceptors (Lipinski definition) is 4. The van der Waals surface area contributed by atoms with Crippen LogP contribution in [-0.4, -0.2) is 10.2 Å². The smallest absolute Gasteiger partial charge is 0.231 e. The topological polar surface area (TPSA) is 51.0 Å². The van der Waals surface area contributed by atoms with E-state index in [1.54, 1.807) is 6.92 Å². The van der Waals surface area contributed by atoms with E-state index in [0.29, 0.717) is 18.3 Å². The normalized spacial score (nSPS) is 10.0.